The summed E-state index contributed by atoms with van der Waals surface area (Å²) in [7, 11) is 2.68. The lowest BCUT2D eigenvalue weighted by Gasteiger charge is -2.29. The number of amides is 4. The van der Waals surface area contributed by atoms with Crippen LogP contribution >= 0.6 is 0 Å². The van der Waals surface area contributed by atoms with E-state index in [1.807, 2.05) is 30.3 Å². The van der Waals surface area contributed by atoms with Crippen LogP contribution in [0.25, 0.3) is 6.08 Å². The van der Waals surface area contributed by atoms with Crippen molar-refractivity contribution < 1.29 is 23.9 Å². The quantitative estimate of drug-likeness (QED) is 0.437. The Balaban J connectivity index is 1.73. The molecule has 1 fully saturated rings. The van der Waals surface area contributed by atoms with Gasteiger partial charge in [0.25, 0.3) is 11.8 Å². The molecule has 0 N–H and O–H groups in total. The maximum atomic E-state index is 12.4. The summed E-state index contributed by atoms with van der Waals surface area (Å²) < 4.78 is 11.4. The molecule has 0 saturated carbocycles. The molecule has 7 nitrogen and oxygen atoms in total. The standard InChI is InChI=1S/C21H20N2O5/c1-22-19(24)17(20(25)23(2)21(22)26)14-15-8-6-7-11-18(15)28-13-12-27-16-9-4-3-5-10-16/h3-11,14H,12-13H2,1-2H3. The number of barbiturate groups is 1. The van der Waals surface area contributed by atoms with E-state index in [9.17, 15) is 14.4 Å². The maximum Gasteiger partial charge on any atom is 0.333 e. The number of para-hydroxylation sites is 2. The van der Waals surface area contributed by atoms with Gasteiger partial charge >= 0.3 is 6.03 Å². The van der Waals surface area contributed by atoms with Crippen LogP contribution in [0.1, 0.15) is 5.56 Å². The van der Waals surface area contributed by atoms with E-state index < -0.39 is 17.8 Å². The molecular weight excluding hydrogens is 360 g/mol. The van der Waals surface area contributed by atoms with Gasteiger partial charge in [0.05, 0.1) is 0 Å². The second-order valence-corrected chi connectivity index (χ2v) is 6.12. The van der Waals surface area contributed by atoms with Crippen LogP contribution in [0, 0.1) is 0 Å². The number of likely N-dealkylation sites (N-methyl/N-ethyl adjacent to an activating group) is 2. The van der Waals surface area contributed by atoms with E-state index in [4.69, 9.17) is 9.47 Å². The summed E-state index contributed by atoms with van der Waals surface area (Å²) in [5.74, 6) is -0.0317. The number of carbonyl (C=O) groups is 3. The fourth-order valence-corrected chi connectivity index (χ4v) is 2.69. The lowest BCUT2D eigenvalue weighted by molar-refractivity contribution is -0.134. The molecule has 4 amide bonds. The Bertz CT molecular complexity index is 897. The number of ether oxygens (including phenoxy) is 2. The van der Waals surface area contributed by atoms with Crippen molar-refractivity contribution in [2.24, 2.45) is 0 Å². The van der Waals surface area contributed by atoms with Crippen LogP contribution in [0.3, 0.4) is 0 Å². The molecule has 0 aliphatic carbocycles. The predicted octanol–water partition coefficient (Wildman–Crippen LogP) is 2.58. The molecule has 0 unspecified atom stereocenters. The molecule has 144 valence electrons. The normalized spacial score (nSPS) is 14.4. The average Bonchev–Trinajstić information content (AvgIpc) is 2.73. The lowest BCUT2D eigenvalue weighted by atomic mass is 10.1. The second-order valence-electron chi connectivity index (χ2n) is 6.12. The first-order valence-corrected chi connectivity index (χ1v) is 8.70. The number of hydrogen-bond donors (Lipinski definition) is 0. The molecule has 2 aromatic rings. The fraction of sp³-hybridized carbons (Fsp3) is 0.190. The monoisotopic (exact) mass is 380 g/mol. The number of carbonyl (C=O) groups excluding carboxylic acids is 3. The molecular formula is C21H20N2O5. The predicted molar refractivity (Wildman–Crippen MR) is 103 cm³/mol. The van der Waals surface area contributed by atoms with Crippen LogP contribution in [0.4, 0.5) is 4.79 Å². The van der Waals surface area contributed by atoms with Crippen molar-refractivity contribution in [2.45, 2.75) is 0 Å². The molecule has 0 bridgehead atoms. The van der Waals surface area contributed by atoms with Crippen LogP contribution in [0.15, 0.2) is 60.2 Å². The third kappa shape index (κ3) is 4.03. The Morgan fingerprint density at radius 1 is 0.786 bits per heavy atom. The number of hydrogen-bond acceptors (Lipinski definition) is 5. The summed E-state index contributed by atoms with van der Waals surface area (Å²) >= 11 is 0. The highest BCUT2D eigenvalue weighted by atomic mass is 16.5. The van der Waals surface area contributed by atoms with Gasteiger partial charge in [0.15, 0.2) is 0 Å². The first-order chi connectivity index (χ1) is 13.5. The summed E-state index contributed by atoms with van der Waals surface area (Å²) in [4.78, 5) is 38.4. The zero-order valence-corrected chi connectivity index (χ0v) is 15.6. The molecule has 0 spiro atoms. The molecule has 1 aliphatic rings. The Morgan fingerprint density at radius 2 is 1.36 bits per heavy atom. The van der Waals surface area contributed by atoms with E-state index in [1.54, 1.807) is 24.3 Å². The van der Waals surface area contributed by atoms with Gasteiger partial charge < -0.3 is 9.47 Å². The van der Waals surface area contributed by atoms with Crippen molar-refractivity contribution in [3.05, 3.63) is 65.7 Å². The van der Waals surface area contributed by atoms with Crippen LogP contribution in [-0.2, 0) is 9.59 Å². The fourth-order valence-electron chi connectivity index (χ4n) is 2.69. The molecule has 1 heterocycles. The van der Waals surface area contributed by atoms with Gasteiger partial charge in [0.2, 0.25) is 0 Å². The highest BCUT2D eigenvalue weighted by Crippen LogP contribution is 2.24. The number of imide groups is 2. The highest BCUT2D eigenvalue weighted by molar-refractivity contribution is 6.30. The topological polar surface area (TPSA) is 76.2 Å². The smallest absolute Gasteiger partial charge is 0.333 e. The average molecular weight is 380 g/mol. The van der Waals surface area contributed by atoms with Crippen molar-refractivity contribution in [2.75, 3.05) is 27.3 Å². The third-order valence-electron chi connectivity index (χ3n) is 4.22. The minimum atomic E-state index is -0.658. The molecule has 0 radical (unpaired) electrons. The van der Waals surface area contributed by atoms with Crippen LogP contribution in [0.2, 0.25) is 0 Å². The first-order valence-electron chi connectivity index (χ1n) is 8.70. The zero-order valence-electron chi connectivity index (χ0n) is 15.6. The Kier molecular flexibility index (Phi) is 5.74. The van der Waals surface area contributed by atoms with Gasteiger partial charge in [-0.25, -0.2) is 4.79 Å². The highest BCUT2D eigenvalue weighted by Gasteiger charge is 2.37. The minimum Gasteiger partial charge on any atom is -0.490 e. The molecule has 0 atom stereocenters. The van der Waals surface area contributed by atoms with Gasteiger partial charge in [-0.3, -0.25) is 19.4 Å². The molecule has 7 heteroatoms. The number of nitrogens with zero attached hydrogens (tertiary/aromatic N) is 2. The Morgan fingerprint density at radius 3 is 2.04 bits per heavy atom. The molecule has 28 heavy (non-hydrogen) atoms. The van der Waals surface area contributed by atoms with Gasteiger partial charge in [-0.05, 0) is 24.3 Å². The first kappa shape index (κ1) is 19.2. The van der Waals surface area contributed by atoms with Gasteiger partial charge in [-0.1, -0.05) is 36.4 Å². The van der Waals surface area contributed by atoms with E-state index in [-0.39, 0.29) is 12.2 Å². The van der Waals surface area contributed by atoms with Crippen LogP contribution in [0.5, 0.6) is 11.5 Å². The molecule has 3 rings (SSSR count). The van der Waals surface area contributed by atoms with Crippen molar-refractivity contribution in [3.8, 4) is 11.5 Å². The second kappa shape index (κ2) is 8.39. The summed E-state index contributed by atoms with van der Waals surface area (Å²) in [6.45, 7) is 0.627. The Labute approximate surface area is 162 Å². The number of urea groups is 1. The van der Waals surface area contributed by atoms with E-state index in [0.717, 1.165) is 15.5 Å². The van der Waals surface area contributed by atoms with Crippen LogP contribution in [-0.4, -0.2) is 55.0 Å². The van der Waals surface area contributed by atoms with Crippen molar-refractivity contribution >= 4 is 23.9 Å². The zero-order chi connectivity index (χ0) is 20.1. The number of rotatable bonds is 6. The Hall–Kier alpha value is -3.61. The summed E-state index contributed by atoms with van der Waals surface area (Å²) in [6, 6.07) is 15.8. The van der Waals surface area contributed by atoms with Gasteiger partial charge in [0, 0.05) is 19.7 Å². The van der Waals surface area contributed by atoms with Crippen LogP contribution < -0.4 is 9.47 Å². The van der Waals surface area contributed by atoms with Gasteiger partial charge in [-0.2, -0.15) is 0 Å². The molecule has 1 saturated heterocycles. The SMILES string of the molecule is CN1C(=O)C(=Cc2ccccc2OCCOc2ccccc2)C(=O)N(C)C1=O. The largest absolute Gasteiger partial charge is 0.490 e. The molecule has 1 aliphatic heterocycles. The van der Waals surface area contributed by atoms with Gasteiger partial charge in [-0.15, -0.1) is 0 Å². The summed E-state index contributed by atoms with van der Waals surface area (Å²) in [5.41, 5.74) is 0.469. The van der Waals surface area contributed by atoms with E-state index >= 15 is 0 Å². The minimum absolute atomic E-state index is 0.0961. The van der Waals surface area contributed by atoms with Crippen molar-refractivity contribution in [1.82, 2.24) is 9.80 Å². The molecule has 0 aromatic heterocycles. The van der Waals surface area contributed by atoms with E-state index in [0.29, 0.717) is 17.9 Å². The van der Waals surface area contributed by atoms with Crippen molar-refractivity contribution in [1.29, 1.82) is 0 Å². The summed E-state index contributed by atoms with van der Waals surface area (Å²) in [6.07, 6.45) is 1.44. The lowest BCUT2D eigenvalue weighted by Crippen LogP contribution is -2.52. The summed E-state index contributed by atoms with van der Waals surface area (Å²) in [5, 5.41) is 0. The van der Waals surface area contributed by atoms with Crippen molar-refractivity contribution in [3.63, 3.8) is 0 Å². The maximum absolute atomic E-state index is 12.4. The number of benzene rings is 2. The van der Waals surface area contributed by atoms with Gasteiger partial charge in [0.1, 0.15) is 30.3 Å². The van der Waals surface area contributed by atoms with E-state index in [1.165, 1.54) is 20.2 Å². The third-order valence-corrected chi connectivity index (χ3v) is 4.22. The molecule has 2 aromatic carbocycles. The van der Waals surface area contributed by atoms with E-state index in [2.05, 4.69) is 0 Å².